The molecule has 2 nitrogen and oxygen atoms in total. The van der Waals surface area contributed by atoms with Gasteiger partial charge in [0, 0.05) is 16.5 Å². The van der Waals surface area contributed by atoms with Crippen LogP contribution in [0.5, 0.6) is 0 Å². The number of pyridine rings is 2. The molecule has 4 aromatic rings. The van der Waals surface area contributed by atoms with Gasteiger partial charge in [-0.3, -0.25) is 9.97 Å². The normalized spacial score (nSPS) is 14.0. The van der Waals surface area contributed by atoms with E-state index in [0.29, 0.717) is 18.2 Å². The number of benzene rings is 2. The van der Waals surface area contributed by atoms with Crippen LogP contribution in [0.2, 0.25) is 0 Å². The largest absolute Gasteiger partial charge is 0.436 e. The minimum Gasteiger partial charge on any atom is -0.252 e. The number of nitrogens with zero attached hydrogens (tertiary/aromatic N) is 2. The molecule has 1 unspecified atom stereocenters. The van der Waals surface area contributed by atoms with E-state index in [1.54, 1.807) is 0 Å². The van der Waals surface area contributed by atoms with Crippen molar-refractivity contribution in [2.75, 3.05) is 0 Å². The molecule has 0 radical (unpaired) electrons. The lowest BCUT2D eigenvalue weighted by Gasteiger charge is -2.31. The summed E-state index contributed by atoms with van der Waals surface area (Å²) >= 11 is 0. The van der Waals surface area contributed by atoms with Crippen LogP contribution < -0.4 is 0 Å². The highest BCUT2D eigenvalue weighted by atomic mass is 19.4. The zero-order chi connectivity index (χ0) is 35.5. The van der Waals surface area contributed by atoms with Crippen LogP contribution in [0.4, 0.5) is 65.9 Å². The first-order valence-corrected chi connectivity index (χ1v) is 12.9. The SMILES string of the molecule is CC(C)(c1cccc(-c2ccc(F)c(C(F)C(F)(F)F)c2F)n1)c1cccc(-c2ccc(F)c(C(F)(C(F)(F)F)C(F)(F)F)c2F)n1. The first-order valence-electron chi connectivity index (χ1n) is 12.9. The Hall–Kier alpha value is -4.31. The van der Waals surface area contributed by atoms with Gasteiger partial charge in [-0.1, -0.05) is 12.1 Å². The highest BCUT2D eigenvalue weighted by molar-refractivity contribution is 5.64. The topological polar surface area (TPSA) is 25.8 Å². The van der Waals surface area contributed by atoms with Crippen LogP contribution >= 0.6 is 0 Å². The van der Waals surface area contributed by atoms with Gasteiger partial charge in [0.1, 0.15) is 23.3 Å². The van der Waals surface area contributed by atoms with Crippen LogP contribution in [0.25, 0.3) is 22.5 Å². The Labute approximate surface area is 254 Å². The van der Waals surface area contributed by atoms with E-state index in [-0.39, 0.29) is 17.5 Å². The van der Waals surface area contributed by atoms with Crippen LogP contribution in [0.1, 0.15) is 42.5 Å². The van der Waals surface area contributed by atoms with Crippen LogP contribution in [0.3, 0.4) is 0 Å². The zero-order valence-electron chi connectivity index (χ0n) is 23.4. The smallest absolute Gasteiger partial charge is 0.252 e. The number of alkyl halides is 11. The molecule has 2 aromatic carbocycles. The Kier molecular flexibility index (Phi) is 8.88. The van der Waals surface area contributed by atoms with Gasteiger partial charge >= 0.3 is 24.2 Å². The average molecular weight is 690 g/mol. The fourth-order valence-electron chi connectivity index (χ4n) is 4.67. The van der Waals surface area contributed by atoms with Crippen molar-refractivity contribution >= 4 is 0 Å². The maximum atomic E-state index is 15.3. The van der Waals surface area contributed by atoms with E-state index in [1.807, 2.05) is 0 Å². The van der Waals surface area contributed by atoms with Crippen molar-refractivity contribution in [1.82, 2.24) is 9.97 Å². The second-order valence-corrected chi connectivity index (χ2v) is 10.6. The summed E-state index contributed by atoms with van der Waals surface area (Å²) in [7, 11) is 0. The van der Waals surface area contributed by atoms with E-state index in [2.05, 4.69) is 9.97 Å². The average Bonchev–Trinajstić information content (AvgIpc) is 2.95. The number of aromatic nitrogens is 2. The quantitative estimate of drug-likeness (QED) is 0.188. The van der Waals surface area contributed by atoms with Gasteiger partial charge in [0.25, 0.3) is 0 Å². The molecule has 0 amide bonds. The number of halogens is 15. The van der Waals surface area contributed by atoms with Crippen molar-refractivity contribution in [3.05, 3.63) is 106 Å². The van der Waals surface area contributed by atoms with E-state index in [0.717, 1.165) is 18.2 Å². The van der Waals surface area contributed by atoms with Gasteiger partial charge in [-0.2, -0.15) is 39.5 Å². The molecule has 2 aromatic heterocycles. The van der Waals surface area contributed by atoms with E-state index in [4.69, 9.17) is 0 Å². The van der Waals surface area contributed by atoms with Gasteiger partial charge < -0.3 is 0 Å². The van der Waals surface area contributed by atoms with Crippen molar-refractivity contribution in [3.63, 3.8) is 0 Å². The van der Waals surface area contributed by atoms with Crippen LogP contribution in [0, 0.1) is 23.3 Å². The summed E-state index contributed by atoms with van der Waals surface area (Å²) in [5, 5.41) is 0. The van der Waals surface area contributed by atoms with Crippen LogP contribution in [-0.4, -0.2) is 28.5 Å². The molecule has 0 bridgehead atoms. The predicted molar refractivity (Wildman–Crippen MR) is 136 cm³/mol. The molecule has 0 N–H and O–H groups in total. The Morgan fingerprint density at radius 1 is 0.553 bits per heavy atom. The summed E-state index contributed by atoms with van der Waals surface area (Å²) in [5.74, 6) is -8.74. The third-order valence-electron chi connectivity index (χ3n) is 7.22. The summed E-state index contributed by atoms with van der Waals surface area (Å²) in [6.07, 6.45) is -23.3. The molecular weight excluding hydrogens is 673 g/mol. The monoisotopic (exact) mass is 690 g/mol. The van der Waals surface area contributed by atoms with E-state index in [1.165, 1.54) is 32.0 Å². The minimum absolute atomic E-state index is 0.00363. The van der Waals surface area contributed by atoms with Crippen molar-refractivity contribution in [1.29, 1.82) is 0 Å². The van der Waals surface area contributed by atoms with Gasteiger partial charge in [-0.25, -0.2) is 26.3 Å². The van der Waals surface area contributed by atoms with Crippen LogP contribution in [-0.2, 0) is 11.1 Å². The third-order valence-corrected chi connectivity index (χ3v) is 7.22. The minimum atomic E-state index is -6.83. The lowest BCUT2D eigenvalue weighted by Crippen LogP contribution is -2.51. The molecule has 2 heterocycles. The van der Waals surface area contributed by atoms with Crippen molar-refractivity contribution in [2.24, 2.45) is 0 Å². The first kappa shape index (κ1) is 35.5. The third kappa shape index (κ3) is 6.11. The molecule has 1 atom stereocenters. The zero-order valence-corrected chi connectivity index (χ0v) is 23.4. The molecule has 252 valence electrons. The Morgan fingerprint density at radius 3 is 1.40 bits per heavy atom. The molecule has 4 rings (SSSR count). The van der Waals surface area contributed by atoms with E-state index in [9.17, 15) is 57.1 Å². The first-order chi connectivity index (χ1) is 21.4. The molecular formula is C30H17F15N2. The predicted octanol–water partition coefficient (Wildman–Crippen LogP) is 10.6. The highest BCUT2D eigenvalue weighted by Crippen LogP contribution is 2.55. The summed E-state index contributed by atoms with van der Waals surface area (Å²) in [4.78, 5) is 8.19. The van der Waals surface area contributed by atoms with Crippen molar-refractivity contribution in [3.8, 4) is 22.5 Å². The molecule has 17 heteroatoms. The molecule has 0 spiro atoms. The fraction of sp³-hybridized carbons (Fsp3) is 0.267. The molecule has 47 heavy (non-hydrogen) atoms. The van der Waals surface area contributed by atoms with Gasteiger partial charge in [-0.15, -0.1) is 0 Å². The number of hydrogen-bond acceptors (Lipinski definition) is 2. The highest BCUT2D eigenvalue weighted by Gasteiger charge is 2.75. The molecule has 0 fully saturated rings. The van der Waals surface area contributed by atoms with Gasteiger partial charge in [0.15, 0.2) is 0 Å². The van der Waals surface area contributed by atoms with E-state index < -0.39 is 92.7 Å². The summed E-state index contributed by atoms with van der Waals surface area (Å²) in [6.45, 7) is 2.76. The lowest BCUT2D eigenvalue weighted by atomic mass is 9.84. The number of rotatable bonds is 6. The standard InChI is InChI=1S/C30H17F15N2/c1-26(2,19-7-3-5-17(46-19)13-9-11-15(31)21(23(13)33)25(35)28(37,38)39)20-8-4-6-18(47-20)14-10-12-16(32)22(24(14)34)27(36,29(40,41)42)30(43,44)45/h3-12,25H,1-2H3. The van der Waals surface area contributed by atoms with E-state index >= 15 is 8.78 Å². The maximum absolute atomic E-state index is 15.3. The molecule has 0 aliphatic heterocycles. The summed E-state index contributed by atoms with van der Waals surface area (Å²) < 4.78 is 206. The molecule has 0 aliphatic carbocycles. The molecule has 0 aliphatic rings. The Bertz CT molecular complexity index is 1790. The van der Waals surface area contributed by atoms with Crippen LogP contribution in [0.15, 0.2) is 60.7 Å². The Balaban J connectivity index is 1.83. The van der Waals surface area contributed by atoms with Gasteiger partial charge in [-0.05, 0) is 62.4 Å². The molecule has 0 saturated heterocycles. The summed E-state index contributed by atoms with van der Waals surface area (Å²) in [6, 6.07) is 8.40. The molecule has 0 saturated carbocycles. The second-order valence-electron chi connectivity index (χ2n) is 10.6. The summed E-state index contributed by atoms with van der Waals surface area (Å²) in [5.41, 5.74) is -16.0. The second kappa shape index (κ2) is 11.7. The number of hydrogen-bond donors (Lipinski definition) is 0. The van der Waals surface area contributed by atoms with Gasteiger partial charge in [0.2, 0.25) is 6.17 Å². The van der Waals surface area contributed by atoms with Gasteiger partial charge in [0.05, 0.1) is 33.9 Å². The fourth-order valence-corrected chi connectivity index (χ4v) is 4.67. The maximum Gasteiger partial charge on any atom is 0.436 e. The van der Waals surface area contributed by atoms with Crippen molar-refractivity contribution < 1.29 is 65.9 Å². The Morgan fingerprint density at radius 2 is 0.979 bits per heavy atom. The van der Waals surface area contributed by atoms with Crippen molar-refractivity contribution in [2.45, 2.75) is 49.6 Å². The lowest BCUT2D eigenvalue weighted by molar-refractivity contribution is -0.350.